The molecule has 31 heavy (non-hydrogen) atoms. The lowest BCUT2D eigenvalue weighted by Crippen LogP contribution is -2.45. The fraction of sp³-hybridized carbons (Fsp3) is 0.333. The van der Waals surface area contributed by atoms with E-state index in [4.69, 9.17) is 4.74 Å². The molecule has 1 heterocycles. The molecule has 0 spiro atoms. The first-order valence-corrected chi connectivity index (χ1v) is 12.3. The third-order valence-corrected chi connectivity index (χ3v) is 7.08. The minimum Gasteiger partial charge on any atom is -0.495 e. The molecule has 1 N–H and O–H groups in total. The largest absolute Gasteiger partial charge is 0.495 e. The highest BCUT2D eigenvalue weighted by atomic mass is 32.2. The molecular formula is C21H25N3O5S2. The number of aryl methyl sites for hydroxylation is 2. The topological polar surface area (TPSA) is 97.7 Å². The second-order valence-electron chi connectivity index (χ2n) is 7.19. The molecule has 0 unspecified atom stereocenters. The minimum atomic E-state index is -3.79. The van der Waals surface area contributed by atoms with Crippen LogP contribution in [0.2, 0.25) is 0 Å². The van der Waals surface area contributed by atoms with Crippen LogP contribution in [0.25, 0.3) is 10.2 Å². The van der Waals surface area contributed by atoms with Gasteiger partial charge in [0.25, 0.3) is 0 Å². The Balaban J connectivity index is 1.95. The molecule has 0 aliphatic rings. The summed E-state index contributed by atoms with van der Waals surface area (Å²) in [6.07, 6.45) is 1.05. The lowest BCUT2D eigenvalue weighted by Gasteiger charge is -2.29. The van der Waals surface area contributed by atoms with Gasteiger partial charge in [0.15, 0.2) is 0 Å². The number of rotatable bonds is 7. The minimum absolute atomic E-state index is 0.0656. The van der Waals surface area contributed by atoms with Crippen molar-refractivity contribution in [3.05, 3.63) is 51.6 Å². The van der Waals surface area contributed by atoms with Gasteiger partial charge in [-0.15, -0.1) is 0 Å². The number of carbonyl (C=O) groups is 1. The van der Waals surface area contributed by atoms with E-state index in [2.05, 4.69) is 5.32 Å². The van der Waals surface area contributed by atoms with Crippen molar-refractivity contribution in [2.45, 2.75) is 33.4 Å². The molecule has 1 atom stereocenters. The van der Waals surface area contributed by atoms with Gasteiger partial charge in [-0.1, -0.05) is 17.4 Å². The molecule has 3 rings (SSSR count). The third-order valence-electron chi connectivity index (χ3n) is 4.91. The highest BCUT2D eigenvalue weighted by Crippen LogP contribution is 2.33. The number of carbonyl (C=O) groups excluding carboxylic acids is 1. The van der Waals surface area contributed by atoms with E-state index in [0.717, 1.165) is 37.7 Å². The summed E-state index contributed by atoms with van der Waals surface area (Å²) in [5.74, 6) is -0.154. The van der Waals surface area contributed by atoms with Crippen molar-refractivity contribution in [3.63, 3.8) is 0 Å². The molecule has 10 heteroatoms. The summed E-state index contributed by atoms with van der Waals surface area (Å²) >= 11 is 1.10. The number of anilines is 2. The van der Waals surface area contributed by atoms with E-state index in [-0.39, 0.29) is 4.87 Å². The van der Waals surface area contributed by atoms with Crippen LogP contribution in [0, 0.1) is 6.92 Å². The van der Waals surface area contributed by atoms with Crippen LogP contribution in [0.5, 0.6) is 5.75 Å². The Bertz CT molecular complexity index is 1290. The number of ether oxygens (including phenoxy) is 1. The van der Waals surface area contributed by atoms with Crippen molar-refractivity contribution in [2.75, 3.05) is 23.0 Å². The van der Waals surface area contributed by atoms with E-state index in [0.29, 0.717) is 23.7 Å². The second kappa shape index (κ2) is 8.72. The molecule has 166 valence electrons. The summed E-state index contributed by atoms with van der Waals surface area (Å²) in [4.78, 5) is 25.0. The first kappa shape index (κ1) is 22.8. The average molecular weight is 464 g/mol. The van der Waals surface area contributed by atoms with E-state index in [1.54, 1.807) is 41.0 Å². The average Bonchev–Trinajstić information content (AvgIpc) is 3.01. The van der Waals surface area contributed by atoms with E-state index in [1.807, 2.05) is 13.8 Å². The van der Waals surface area contributed by atoms with Gasteiger partial charge in [-0.3, -0.25) is 18.5 Å². The molecule has 0 bridgehead atoms. The van der Waals surface area contributed by atoms with Crippen LogP contribution in [0.15, 0.2) is 41.2 Å². The van der Waals surface area contributed by atoms with Gasteiger partial charge in [0.1, 0.15) is 11.8 Å². The molecule has 1 amide bonds. The van der Waals surface area contributed by atoms with Crippen molar-refractivity contribution in [1.29, 1.82) is 0 Å². The van der Waals surface area contributed by atoms with Crippen molar-refractivity contribution in [1.82, 2.24) is 4.57 Å². The lowest BCUT2D eigenvalue weighted by molar-refractivity contribution is -0.116. The summed E-state index contributed by atoms with van der Waals surface area (Å²) in [5, 5.41) is 2.76. The Morgan fingerprint density at radius 3 is 2.58 bits per heavy atom. The molecule has 3 aromatic rings. The Morgan fingerprint density at radius 1 is 1.26 bits per heavy atom. The standard InChI is InChI=1S/C21H25N3O5S2/c1-6-23-16-9-8-15(12-19(16)30-21(23)26)22-20(25)14(3)24(31(5,27)28)17-11-13(2)7-10-18(17)29-4/h7-12,14H,6H2,1-5H3,(H,22,25)/t14-/m0/s1. The van der Waals surface area contributed by atoms with Crippen LogP contribution in [-0.4, -0.2) is 38.3 Å². The molecule has 0 radical (unpaired) electrons. The summed E-state index contributed by atoms with van der Waals surface area (Å²) in [6.45, 7) is 5.80. The lowest BCUT2D eigenvalue weighted by atomic mass is 10.2. The monoisotopic (exact) mass is 463 g/mol. The first-order chi connectivity index (χ1) is 14.6. The Labute approximate surface area is 185 Å². The predicted octanol–water partition coefficient (Wildman–Crippen LogP) is 3.19. The molecule has 0 aliphatic heterocycles. The Morgan fingerprint density at radius 2 is 1.97 bits per heavy atom. The van der Waals surface area contributed by atoms with Crippen LogP contribution in [-0.2, 0) is 21.4 Å². The molecule has 0 saturated carbocycles. The van der Waals surface area contributed by atoms with E-state index < -0.39 is 22.0 Å². The number of thiazole rings is 1. The van der Waals surface area contributed by atoms with Crippen LogP contribution < -0.4 is 19.2 Å². The summed E-state index contributed by atoms with van der Waals surface area (Å²) in [7, 11) is -2.35. The van der Waals surface area contributed by atoms with E-state index >= 15 is 0 Å². The smallest absolute Gasteiger partial charge is 0.308 e. The summed E-state index contributed by atoms with van der Waals surface area (Å²) < 4.78 is 34.0. The third kappa shape index (κ3) is 4.59. The zero-order chi connectivity index (χ0) is 22.9. The Hall–Kier alpha value is -2.85. The SMILES string of the molecule is CCn1c(=O)sc2cc(NC(=O)[C@H](C)N(c3cc(C)ccc3OC)S(C)(=O)=O)ccc21. The molecule has 0 saturated heterocycles. The number of nitrogens with zero attached hydrogens (tertiary/aromatic N) is 2. The number of hydrogen-bond acceptors (Lipinski definition) is 6. The summed E-state index contributed by atoms with van der Waals surface area (Å²) in [6, 6.07) is 9.29. The van der Waals surface area contributed by atoms with Crippen molar-refractivity contribution in [3.8, 4) is 5.75 Å². The number of nitrogens with one attached hydrogen (secondary N) is 1. The van der Waals surface area contributed by atoms with Crippen molar-refractivity contribution in [2.24, 2.45) is 0 Å². The zero-order valence-electron chi connectivity index (χ0n) is 18.0. The van der Waals surface area contributed by atoms with Gasteiger partial charge in [-0.2, -0.15) is 0 Å². The molecule has 1 aromatic heterocycles. The number of sulfonamides is 1. The van der Waals surface area contributed by atoms with Gasteiger partial charge >= 0.3 is 4.87 Å². The number of amides is 1. The van der Waals surface area contributed by atoms with E-state index in [9.17, 15) is 18.0 Å². The maximum atomic E-state index is 13.0. The second-order valence-corrected chi connectivity index (χ2v) is 10.0. The van der Waals surface area contributed by atoms with E-state index in [1.165, 1.54) is 14.0 Å². The van der Waals surface area contributed by atoms with Gasteiger partial charge < -0.3 is 10.1 Å². The predicted molar refractivity (Wildman–Crippen MR) is 125 cm³/mol. The van der Waals surface area contributed by atoms with Crippen LogP contribution in [0.4, 0.5) is 11.4 Å². The molecule has 0 fully saturated rings. The van der Waals surface area contributed by atoms with Gasteiger partial charge in [0, 0.05) is 12.2 Å². The fourth-order valence-corrected chi connectivity index (χ4v) is 5.61. The van der Waals surface area contributed by atoms with Crippen molar-refractivity contribution >= 4 is 48.9 Å². The van der Waals surface area contributed by atoms with Gasteiger partial charge in [0.05, 0.1) is 29.3 Å². The van der Waals surface area contributed by atoms with Gasteiger partial charge in [-0.05, 0) is 56.7 Å². The number of methoxy groups -OCH3 is 1. The zero-order valence-corrected chi connectivity index (χ0v) is 19.6. The van der Waals surface area contributed by atoms with Crippen molar-refractivity contribution < 1.29 is 17.9 Å². The summed E-state index contributed by atoms with van der Waals surface area (Å²) in [5.41, 5.74) is 2.41. The van der Waals surface area contributed by atoms with Crippen LogP contribution in [0.3, 0.4) is 0 Å². The van der Waals surface area contributed by atoms with Crippen LogP contribution in [0.1, 0.15) is 19.4 Å². The number of benzene rings is 2. The normalized spacial score (nSPS) is 12.5. The quantitative estimate of drug-likeness (QED) is 0.580. The number of hydrogen-bond donors (Lipinski definition) is 1. The fourth-order valence-electron chi connectivity index (χ4n) is 3.44. The first-order valence-electron chi connectivity index (χ1n) is 9.65. The Kier molecular flexibility index (Phi) is 6.42. The number of fused-ring (bicyclic) bond motifs is 1. The molecule has 2 aromatic carbocycles. The van der Waals surface area contributed by atoms with Gasteiger partial charge in [0.2, 0.25) is 15.9 Å². The maximum Gasteiger partial charge on any atom is 0.308 e. The maximum absolute atomic E-state index is 13.0. The van der Waals surface area contributed by atoms with Crippen LogP contribution >= 0.6 is 11.3 Å². The highest BCUT2D eigenvalue weighted by Gasteiger charge is 2.31. The molecular weight excluding hydrogens is 438 g/mol. The molecule has 0 aliphatic carbocycles. The highest BCUT2D eigenvalue weighted by molar-refractivity contribution is 7.92. The van der Waals surface area contributed by atoms with Gasteiger partial charge in [-0.25, -0.2) is 8.42 Å². The number of aromatic nitrogens is 1. The molecule has 8 nitrogen and oxygen atoms in total.